The first-order valence-corrected chi connectivity index (χ1v) is 6.66. The Kier molecular flexibility index (Phi) is 4.00. The van der Waals surface area contributed by atoms with Crippen LogP contribution in [0.5, 0.6) is 0 Å². The second-order valence-electron chi connectivity index (χ2n) is 4.51. The molecule has 2 nitrogen and oxygen atoms in total. The first kappa shape index (κ1) is 12.1. The molecule has 0 amide bonds. The van der Waals surface area contributed by atoms with E-state index in [2.05, 4.69) is 40.3 Å². The number of halogens is 1. The summed E-state index contributed by atoms with van der Waals surface area (Å²) in [5.41, 5.74) is 1.25. The monoisotopic (exact) mass is 283 g/mol. The van der Waals surface area contributed by atoms with Crippen molar-refractivity contribution in [2.75, 3.05) is 0 Å². The Bertz CT molecular complexity index is 356. The zero-order chi connectivity index (χ0) is 11.5. The highest BCUT2D eigenvalue weighted by molar-refractivity contribution is 9.10. The zero-order valence-corrected chi connectivity index (χ0v) is 11.1. The molecule has 1 aliphatic rings. The predicted molar refractivity (Wildman–Crippen MR) is 69.3 cm³/mol. The van der Waals surface area contributed by atoms with Gasteiger partial charge < -0.3 is 10.4 Å². The minimum absolute atomic E-state index is 0.176. The van der Waals surface area contributed by atoms with E-state index < -0.39 is 0 Å². The SMILES string of the molecule is C[C@H](N[C@H]1CCC[C@@H]1O)c1ccccc1Br. The quantitative estimate of drug-likeness (QED) is 0.894. The van der Waals surface area contributed by atoms with Crippen LogP contribution in [0.2, 0.25) is 0 Å². The molecule has 1 aromatic carbocycles. The zero-order valence-electron chi connectivity index (χ0n) is 9.49. The molecule has 1 saturated carbocycles. The number of hydrogen-bond acceptors (Lipinski definition) is 2. The molecular formula is C13H18BrNO. The third-order valence-corrected chi connectivity index (χ3v) is 4.04. The molecule has 1 fully saturated rings. The summed E-state index contributed by atoms with van der Waals surface area (Å²) in [4.78, 5) is 0. The minimum Gasteiger partial charge on any atom is -0.392 e. The molecule has 2 rings (SSSR count). The van der Waals surface area contributed by atoms with Crippen LogP contribution in [-0.4, -0.2) is 17.3 Å². The van der Waals surface area contributed by atoms with Crippen LogP contribution >= 0.6 is 15.9 Å². The van der Waals surface area contributed by atoms with Crippen molar-refractivity contribution in [1.82, 2.24) is 5.32 Å². The molecule has 3 heteroatoms. The first-order valence-electron chi connectivity index (χ1n) is 5.87. The lowest BCUT2D eigenvalue weighted by Crippen LogP contribution is -2.37. The lowest BCUT2D eigenvalue weighted by Gasteiger charge is -2.23. The van der Waals surface area contributed by atoms with Gasteiger partial charge in [0.25, 0.3) is 0 Å². The summed E-state index contributed by atoms with van der Waals surface area (Å²) >= 11 is 3.56. The number of aliphatic hydroxyl groups is 1. The Morgan fingerprint density at radius 1 is 1.38 bits per heavy atom. The van der Waals surface area contributed by atoms with Crippen molar-refractivity contribution in [3.05, 3.63) is 34.3 Å². The number of hydrogen-bond donors (Lipinski definition) is 2. The number of benzene rings is 1. The average molecular weight is 284 g/mol. The standard InChI is InChI=1S/C13H18BrNO/c1-9(10-5-2-3-6-11(10)14)15-12-7-4-8-13(12)16/h2-3,5-6,9,12-13,15-16H,4,7-8H2,1H3/t9-,12-,13-/m0/s1. The molecule has 88 valence electrons. The van der Waals surface area contributed by atoms with Crippen LogP contribution in [-0.2, 0) is 0 Å². The van der Waals surface area contributed by atoms with Gasteiger partial charge in [-0.3, -0.25) is 0 Å². The Morgan fingerprint density at radius 3 is 2.75 bits per heavy atom. The van der Waals surface area contributed by atoms with Crippen molar-refractivity contribution in [1.29, 1.82) is 0 Å². The maximum absolute atomic E-state index is 9.78. The van der Waals surface area contributed by atoms with Crippen LogP contribution < -0.4 is 5.32 Å². The Hall–Kier alpha value is -0.380. The third-order valence-electron chi connectivity index (χ3n) is 3.32. The first-order chi connectivity index (χ1) is 7.68. The molecule has 0 aromatic heterocycles. The van der Waals surface area contributed by atoms with Crippen LogP contribution in [0.4, 0.5) is 0 Å². The van der Waals surface area contributed by atoms with E-state index in [0.717, 1.165) is 23.7 Å². The highest BCUT2D eigenvalue weighted by Gasteiger charge is 2.26. The summed E-state index contributed by atoms with van der Waals surface area (Å²) in [6.45, 7) is 2.14. The van der Waals surface area contributed by atoms with Gasteiger partial charge in [-0.25, -0.2) is 0 Å². The van der Waals surface area contributed by atoms with Gasteiger partial charge in [0.1, 0.15) is 0 Å². The lowest BCUT2D eigenvalue weighted by molar-refractivity contribution is 0.144. The van der Waals surface area contributed by atoms with Crippen LogP contribution in [0.1, 0.15) is 37.8 Å². The summed E-state index contributed by atoms with van der Waals surface area (Å²) in [5.74, 6) is 0. The molecule has 1 aliphatic carbocycles. The van der Waals surface area contributed by atoms with Gasteiger partial charge in [-0.2, -0.15) is 0 Å². The fraction of sp³-hybridized carbons (Fsp3) is 0.538. The maximum atomic E-state index is 9.78. The molecule has 0 saturated heterocycles. The molecule has 1 aromatic rings. The van der Waals surface area contributed by atoms with Crippen molar-refractivity contribution >= 4 is 15.9 Å². The lowest BCUT2D eigenvalue weighted by atomic mass is 10.1. The molecule has 0 heterocycles. The summed E-state index contributed by atoms with van der Waals surface area (Å²) in [5, 5.41) is 13.3. The van der Waals surface area contributed by atoms with Gasteiger partial charge >= 0.3 is 0 Å². The van der Waals surface area contributed by atoms with Gasteiger partial charge in [0.15, 0.2) is 0 Å². The highest BCUT2D eigenvalue weighted by atomic mass is 79.9. The second kappa shape index (κ2) is 5.30. The van der Waals surface area contributed by atoms with Gasteiger partial charge in [-0.05, 0) is 37.8 Å². The van der Waals surface area contributed by atoms with E-state index >= 15 is 0 Å². The second-order valence-corrected chi connectivity index (χ2v) is 5.37. The van der Waals surface area contributed by atoms with Crippen molar-refractivity contribution in [2.45, 2.75) is 44.4 Å². The predicted octanol–water partition coefficient (Wildman–Crippen LogP) is 3.01. The molecule has 0 radical (unpaired) electrons. The van der Waals surface area contributed by atoms with Gasteiger partial charge in [0.05, 0.1) is 6.10 Å². The molecule has 2 N–H and O–H groups in total. The van der Waals surface area contributed by atoms with E-state index in [1.54, 1.807) is 0 Å². The van der Waals surface area contributed by atoms with Crippen LogP contribution in [0.15, 0.2) is 28.7 Å². The highest BCUT2D eigenvalue weighted by Crippen LogP contribution is 2.26. The molecule has 0 unspecified atom stereocenters. The Morgan fingerprint density at radius 2 is 2.12 bits per heavy atom. The van der Waals surface area contributed by atoms with E-state index in [-0.39, 0.29) is 18.2 Å². The van der Waals surface area contributed by atoms with Crippen LogP contribution in [0.3, 0.4) is 0 Å². The largest absolute Gasteiger partial charge is 0.392 e. The molecule has 16 heavy (non-hydrogen) atoms. The molecule has 0 spiro atoms. The van der Waals surface area contributed by atoms with E-state index in [1.807, 2.05) is 12.1 Å². The number of nitrogens with one attached hydrogen (secondary N) is 1. The summed E-state index contributed by atoms with van der Waals surface area (Å²) < 4.78 is 1.13. The maximum Gasteiger partial charge on any atom is 0.0693 e. The topological polar surface area (TPSA) is 32.3 Å². The van der Waals surface area contributed by atoms with Gasteiger partial charge in [-0.15, -0.1) is 0 Å². The number of aliphatic hydroxyl groups excluding tert-OH is 1. The Labute approximate surface area is 105 Å². The normalized spacial score (nSPS) is 26.9. The molecular weight excluding hydrogens is 266 g/mol. The van der Waals surface area contributed by atoms with Crippen LogP contribution in [0.25, 0.3) is 0 Å². The third kappa shape index (κ3) is 2.65. The van der Waals surface area contributed by atoms with Crippen molar-refractivity contribution in [3.8, 4) is 0 Å². The van der Waals surface area contributed by atoms with Gasteiger partial charge in [-0.1, -0.05) is 34.1 Å². The van der Waals surface area contributed by atoms with Crippen molar-refractivity contribution in [2.24, 2.45) is 0 Å². The molecule has 0 aliphatic heterocycles. The minimum atomic E-state index is -0.176. The van der Waals surface area contributed by atoms with Gasteiger partial charge in [0, 0.05) is 16.6 Å². The van der Waals surface area contributed by atoms with Crippen molar-refractivity contribution in [3.63, 3.8) is 0 Å². The van der Waals surface area contributed by atoms with Crippen molar-refractivity contribution < 1.29 is 5.11 Å². The van der Waals surface area contributed by atoms with Crippen LogP contribution in [0, 0.1) is 0 Å². The smallest absolute Gasteiger partial charge is 0.0693 e. The molecule has 3 atom stereocenters. The molecule has 0 bridgehead atoms. The number of rotatable bonds is 3. The van der Waals surface area contributed by atoms with Gasteiger partial charge in [0.2, 0.25) is 0 Å². The summed E-state index contributed by atoms with van der Waals surface area (Å²) in [6.07, 6.45) is 2.96. The summed E-state index contributed by atoms with van der Waals surface area (Å²) in [6, 6.07) is 8.76. The average Bonchev–Trinajstić information content (AvgIpc) is 2.65. The van der Waals surface area contributed by atoms with E-state index in [9.17, 15) is 5.11 Å². The fourth-order valence-electron chi connectivity index (χ4n) is 2.37. The van der Waals surface area contributed by atoms with E-state index in [1.165, 1.54) is 5.56 Å². The van der Waals surface area contributed by atoms with E-state index in [4.69, 9.17) is 0 Å². The Balaban J connectivity index is 2.03. The van der Waals surface area contributed by atoms with E-state index in [0.29, 0.717) is 0 Å². The summed E-state index contributed by atoms with van der Waals surface area (Å²) in [7, 11) is 0. The fourth-order valence-corrected chi connectivity index (χ4v) is 3.00.